The molecule has 2 fully saturated rings. The maximum atomic E-state index is 12.2. The zero-order valence-electron chi connectivity index (χ0n) is 11.0. The molecule has 1 heterocycles. The van der Waals surface area contributed by atoms with Gasteiger partial charge in [0.2, 0.25) is 5.91 Å². The Hall–Kier alpha value is -0.610. The van der Waals surface area contributed by atoms with Gasteiger partial charge < -0.3 is 10.6 Å². The van der Waals surface area contributed by atoms with E-state index < -0.39 is 0 Å². The molecule has 0 aromatic carbocycles. The van der Waals surface area contributed by atoms with Gasteiger partial charge in [-0.05, 0) is 25.7 Å². The van der Waals surface area contributed by atoms with E-state index in [1.54, 1.807) is 0 Å². The second-order valence-corrected chi connectivity index (χ2v) is 5.49. The first-order chi connectivity index (χ1) is 8.18. The first kappa shape index (κ1) is 12.8. The molecule has 0 bridgehead atoms. The molecule has 0 radical (unpaired) electrons. The molecule has 17 heavy (non-hydrogen) atoms. The molecule has 0 spiro atoms. The summed E-state index contributed by atoms with van der Waals surface area (Å²) in [5.74, 6) is 0.861. The summed E-state index contributed by atoms with van der Waals surface area (Å²) in [6, 6.07) is 0.428. The number of hydrogen-bond acceptors (Lipinski definition) is 3. The molecule has 2 N–H and O–H groups in total. The van der Waals surface area contributed by atoms with Crippen molar-refractivity contribution in [3.63, 3.8) is 0 Å². The third-order valence-electron chi connectivity index (χ3n) is 4.27. The summed E-state index contributed by atoms with van der Waals surface area (Å²) in [4.78, 5) is 14.4. The molecule has 2 rings (SSSR count). The number of piperazine rings is 1. The van der Waals surface area contributed by atoms with Crippen LogP contribution < -0.4 is 10.6 Å². The molecule has 1 amide bonds. The highest BCUT2D eigenvalue weighted by Gasteiger charge is 2.28. The van der Waals surface area contributed by atoms with Crippen molar-refractivity contribution in [3.8, 4) is 0 Å². The number of amides is 1. The molecule has 0 aromatic heterocycles. The van der Waals surface area contributed by atoms with Crippen LogP contribution in [0.4, 0.5) is 0 Å². The Morgan fingerprint density at radius 3 is 2.65 bits per heavy atom. The zero-order chi connectivity index (χ0) is 12.3. The van der Waals surface area contributed by atoms with Gasteiger partial charge in [-0.1, -0.05) is 13.3 Å². The lowest BCUT2D eigenvalue weighted by atomic mass is 10.1. The van der Waals surface area contributed by atoms with Crippen molar-refractivity contribution < 1.29 is 4.79 Å². The fourth-order valence-corrected chi connectivity index (χ4v) is 2.90. The monoisotopic (exact) mass is 239 g/mol. The van der Waals surface area contributed by atoms with Gasteiger partial charge in [-0.3, -0.25) is 9.69 Å². The Morgan fingerprint density at radius 1 is 1.35 bits per heavy atom. The predicted octanol–water partition coefficient (Wildman–Crippen LogP) is 0.585. The lowest BCUT2D eigenvalue weighted by molar-refractivity contribution is -0.127. The quantitative estimate of drug-likeness (QED) is 0.757. The highest BCUT2D eigenvalue weighted by atomic mass is 16.2. The fraction of sp³-hybridized carbons (Fsp3) is 0.923. The van der Waals surface area contributed by atoms with E-state index in [0.717, 1.165) is 32.6 Å². The highest BCUT2D eigenvalue weighted by Crippen LogP contribution is 2.24. The number of hydrogen-bond donors (Lipinski definition) is 2. The lowest BCUT2D eigenvalue weighted by Gasteiger charge is -2.32. The summed E-state index contributed by atoms with van der Waals surface area (Å²) in [5.41, 5.74) is 0. The average Bonchev–Trinajstić information content (AvgIpc) is 2.75. The molecular weight excluding hydrogens is 214 g/mol. The van der Waals surface area contributed by atoms with Gasteiger partial charge in [-0.25, -0.2) is 0 Å². The van der Waals surface area contributed by atoms with E-state index in [0.29, 0.717) is 12.0 Å². The van der Waals surface area contributed by atoms with Crippen LogP contribution in [0.5, 0.6) is 0 Å². The van der Waals surface area contributed by atoms with Crippen molar-refractivity contribution in [2.45, 2.75) is 45.2 Å². The van der Waals surface area contributed by atoms with Crippen LogP contribution >= 0.6 is 0 Å². The molecular formula is C13H25N3O. The number of carbonyl (C=O) groups excluding carboxylic acids is 1. The summed E-state index contributed by atoms with van der Waals surface area (Å²) in [6.07, 6.45) is 3.67. The zero-order valence-corrected chi connectivity index (χ0v) is 11.0. The fourth-order valence-electron chi connectivity index (χ4n) is 2.90. The Kier molecular flexibility index (Phi) is 4.40. The standard InChI is InChI=1S/C13H25N3O/c1-10-4-3-5-12(10)15-13(17)11(2)16-8-6-14-7-9-16/h10-12,14H,3-9H2,1-2H3,(H,15,17). The van der Waals surface area contributed by atoms with Crippen LogP contribution in [0.15, 0.2) is 0 Å². The molecule has 3 atom stereocenters. The van der Waals surface area contributed by atoms with E-state index in [4.69, 9.17) is 0 Å². The van der Waals surface area contributed by atoms with E-state index in [2.05, 4.69) is 22.5 Å². The van der Waals surface area contributed by atoms with Crippen LogP contribution in [-0.2, 0) is 4.79 Å². The Labute approximate surface area is 104 Å². The van der Waals surface area contributed by atoms with Crippen molar-refractivity contribution in [1.29, 1.82) is 0 Å². The Balaban J connectivity index is 1.81. The molecule has 98 valence electrons. The van der Waals surface area contributed by atoms with Gasteiger partial charge in [0.05, 0.1) is 6.04 Å². The third kappa shape index (κ3) is 3.19. The lowest BCUT2D eigenvalue weighted by Crippen LogP contribution is -2.54. The molecule has 0 aromatic rings. The highest BCUT2D eigenvalue weighted by molar-refractivity contribution is 5.81. The molecule has 1 saturated heterocycles. The van der Waals surface area contributed by atoms with E-state index in [1.807, 2.05) is 6.92 Å². The number of rotatable bonds is 3. The van der Waals surface area contributed by atoms with Crippen molar-refractivity contribution in [2.75, 3.05) is 26.2 Å². The van der Waals surface area contributed by atoms with Gasteiger partial charge in [-0.2, -0.15) is 0 Å². The normalized spacial score (nSPS) is 32.4. The second kappa shape index (κ2) is 5.83. The molecule has 4 nitrogen and oxygen atoms in total. The largest absolute Gasteiger partial charge is 0.352 e. The van der Waals surface area contributed by atoms with Gasteiger partial charge in [0.25, 0.3) is 0 Å². The number of nitrogens with zero attached hydrogens (tertiary/aromatic N) is 1. The van der Waals surface area contributed by atoms with E-state index in [1.165, 1.54) is 12.8 Å². The van der Waals surface area contributed by atoms with Crippen LogP contribution in [0.2, 0.25) is 0 Å². The van der Waals surface area contributed by atoms with Crippen LogP contribution in [-0.4, -0.2) is 49.1 Å². The van der Waals surface area contributed by atoms with Crippen molar-refractivity contribution in [1.82, 2.24) is 15.5 Å². The first-order valence-electron chi connectivity index (χ1n) is 6.93. The van der Waals surface area contributed by atoms with Crippen LogP contribution in [0, 0.1) is 5.92 Å². The SMILES string of the molecule is CC1CCCC1NC(=O)C(C)N1CCNCC1. The molecule has 1 saturated carbocycles. The minimum absolute atomic E-state index is 0.0184. The minimum atomic E-state index is 0.0184. The van der Waals surface area contributed by atoms with Crippen molar-refractivity contribution >= 4 is 5.91 Å². The maximum absolute atomic E-state index is 12.2. The van der Waals surface area contributed by atoms with E-state index >= 15 is 0 Å². The first-order valence-corrected chi connectivity index (χ1v) is 6.93. The van der Waals surface area contributed by atoms with Gasteiger partial charge in [0.15, 0.2) is 0 Å². The second-order valence-electron chi connectivity index (χ2n) is 5.49. The van der Waals surface area contributed by atoms with E-state index in [9.17, 15) is 4.79 Å². The average molecular weight is 239 g/mol. The Morgan fingerprint density at radius 2 is 2.06 bits per heavy atom. The van der Waals surface area contributed by atoms with Crippen LogP contribution in [0.3, 0.4) is 0 Å². The minimum Gasteiger partial charge on any atom is -0.352 e. The summed E-state index contributed by atoms with van der Waals surface area (Å²) in [6.45, 7) is 8.23. The predicted molar refractivity (Wildman–Crippen MR) is 68.9 cm³/mol. The van der Waals surface area contributed by atoms with Crippen LogP contribution in [0.1, 0.15) is 33.1 Å². The van der Waals surface area contributed by atoms with Gasteiger partial charge >= 0.3 is 0 Å². The topological polar surface area (TPSA) is 44.4 Å². The summed E-state index contributed by atoms with van der Waals surface area (Å²) >= 11 is 0. The van der Waals surface area contributed by atoms with Gasteiger partial charge in [0, 0.05) is 32.2 Å². The summed E-state index contributed by atoms with van der Waals surface area (Å²) < 4.78 is 0. The molecule has 1 aliphatic heterocycles. The Bertz CT molecular complexity index is 263. The molecule has 1 aliphatic carbocycles. The smallest absolute Gasteiger partial charge is 0.237 e. The summed E-state index contributed by atoms with van der Waals surface area (Å²) in [5, 5.41) is 6.54. The van der Waals surface area contributed by atoms with E-state index in [-0.39, 0.29) is 11.9 Å². The molecule has 3 unspecified atom stereocenters. The summed E-state index contributed by atoms with van der Waals surface area (Å²) in [7, 11) is 0. The molecule has 2 aliphatic rings. The molecule has 4 heteroatoms. The maximum Gasteiger partial charge on any atom is 0.237 e. The van der Waals surface area contributed by atoms with Gasteiger partial charge in [0.1, 0.15) is 0 Å². The number of nitrogens with one attached hydrogen (secondary N) is 2. The van der Waals surface area contributed by atoms with Crippen molar-refractivity contribution in [3.05, 3.63) is 0 Å². The third-order valence-corrected chi connectivity index (χ3v) is 4.27. The van der Waals surface area contributed by atoms with Gasteiger partial charge in [-0.15, -0.1) is 0 Å². The van der Waals surface area contributed by atoms with Crippen molar-refractivity contribution in [2.24, 2.45) is 5.92 Å². The van der Waals surface area contributed by atoms with Crippen LogP contribution in [0.25, 0.3) is 0 Å². The number of carbonyl (C=O) groups is 1.